The second-order valence-electron chi connectivity index (χ2n) is 8.00. The second kappa shape index (κ2) is 6.71. The van der Waals surface area contributed by atoms with E-state index in [0.29, 0.717) is 12.5 Å². The number of aromatic nitrogens is 4. The lowest BCUT2D eigenvalue weighted by Crippen LogP contribution is -2.26. The molecular weight excluding hydrogens is 374 g/mol. The number of rotatable bonds is 2. The Kier molecular flexibility index (Phi) is 4.29. The molecule has 3 aromatic rings. The number of aryl methyl sites for hydroxylation is 2. The average molecular weight is 398 g/mol. The van der Waals surface area contributed by atoms with Gasteiger partial charge in [-0.25, -0.2) is 4.98 Å². The molecule has 0 bridgehead atoms. The van der Waals surface area contributed by atoms with Gasteiger partial charge in [-0.1, -0.05) is 12.1 Å². The average Bonchev–Trinajstić information content (AvgIpc) is 3.24. The van der Waals surface area contributed by atoms with Gasteiger partial charge in [0.15, 0.2) is 11.7 Å². The number of oxazole rings is 1. The predicted molar refractivity (Wildman–Crippen MR) is 107 cm³/mol. The van der Waals surface area contributed by atoms with E-state index in [1.807, 2.05) is 13.8 Å². The Morgan fingerprint density at radius 3 is 2.79 bits per heavy atom. The van der Waals surface area contributed by atoms with Crippen LogP contribution in [0.1, 0.15) is 65.9 Å². The van der Waals surface area contributed by atoms with Gasteiger partial charge in [0.25, 0.3) is 0 Å². The fourth-order valence-corrected chi connectivity index (χ4v) is 4.75. The Bertz CT molecular complexity index is 996. The quantitative estimate of drug-likeness (QED) is 0.654. The molecule has 0 spiro atoms. The topological polar surface area (TPSA) is 68.8 Å². The van der Waals surface area contributed by atoms with Gasteiger partial charge in [-0.15, -0.1) is 21.8 Å². The maximum Gasteiger partial charge on any atom is 0.197 e. The van der Waals surface area contributed by atoms with Gasteiger partial charge in [0.05, 0.1) is 22.8 Å². The number of fused-ring (bicyclic) bond motifs is 3. The molecule has 28 heavy (non-hydrogen) atoms. The molecule has 6 nitrogen and oxygen atoms in total. The second-order valence-corrected chi connectivity index (χ2v) is 8.72. The summed E-state index contributed by atoms with van der Waals surface area (Å²) in [6, 6.07) is 6.58. The van der Waals surface area contributed by atoms with Gasteiger partial charge in [0, 0.05) is 12.5 Å². The number of hydrogen-bond donors (Lipinski definition) is 1. The number of nitrogens with zero attached hydrogens (tertiary/aromatic N) is 4. The van der Waals surface area contributed by atoms with Crippen molar-refractivity contribution in [2.24, 2.45) is 0 Å². The highest BCUT2D eigenvalue weighted by atomic mass is 35.5. The molecule has 2 aromatic heterocycles. The molecule has 0 atom stereocenters. The molecule has 146 valence electrons. The molecule has 0 radical (unpaired) electrons. The number of benzene rings is 1. The third kappa shape index (κ3) is 2.95. The first kappa shape index (κ1) is 17.9. The monoisotopic (exact) mass is 397 g/mol. The van der Waals surface area contributed by atoms with E-state index in [2.05, 4.69) is 43.3 Å². The Labute approximate surface area is 169 Å². The largest absolute Gasteiger partial charge is 0.445 e. The van der Waals surface area contributed by atoms with E-state index in [-0.39, 0.29) is 4.87 Å². The molecule has 1 aliphatic carbocycles. The van der Waals surface area contributed by atoms with Crippen molar-refractivity contribution in [3.63, 3.8) is 0 Å². The van der Waals surface area contributed by atoms with E-state index in [4.69, 9.17) is 16.0 Å². The van der Waals surface area contributed by atoms with E-state index in [1.54, 1.807) is 6.33 Å². The first-order chi connectivity index (χ1) is 13.5. The number of nitrogens with one attached hydrogen (secondary N) is 1. The van der Waals surface area contributed by atoms with Crippen LogP contribution in [-0.2, 0) is 18.0 Å². The number of alkyl halides is 1. The van der Waals surface area contributed by atoms with E-state index < -0.39 is 0 Å². The minimum absolute atomic E-state index is 0.329. The van der Waals surface area contributed by atoms with Crippen LogP contribution in [0.15, 0.2) is 28.9 Å². The molecule has 1 saturated carbocycles. The molecule has 2 aliphatic rings. The SMILES string of the molecule is Cc1nc(C2CCC(Cl)(c3ccc4c(c3)CNCc3nncn3-4)CC2)oc1C. The fraction of sp³-hybridized carbons (Fsp3) is 0.476. The zero-order chi connectivity index (χ0) is 19.3. The summed E-state index contributed by atoms with van der Waals surface area (Å²) in [5, 5.41) is 11.7. The lowest BCUT2D eigenvalue weighted by atomic mass is 9.77. The first-order valence-electron chi connectivity index (χ1n) is 9.90. The standard InChI is InChI=1S/C21H24ClN5O/c1-13-14(2)28-20(25-13)15-5-7-21(22,8-6-15)17-3-4-18-16(9-17)10-23-11-19-26-24-12-27(18)19/h3-4,9,12,15,23H,5-8,10-11H2,1-2H3. The summed E-state index contributed by atoms with van der Waals surface area (Å²) in [5.74, 6) is 3.09. The Hall–Kier alpha value is -2.18. The van der Waals surface area contributed by atoms with Crippen molar-refractivity contribution >= 4 is 11.6 Å². The molecule has 1 aromatic carbocycles. The Balaban J connectivity index is 1.39. The van der Waals surface area contributed by atoms with E-state index in [0.717, 1.165) is 61.1 Å². The highest BCUT2D eigenvalue weighted by Crippen LogP contribution is 2.48. The van der Waals surface area contributed by atoms with Crippen LogP contribution in [0.2, 0.25) is 0 Å². The van der Waals surface area contributed by atoms with E-state index in [9.17, 15) is 0 Å². The molecule has 5 rings (SSSR count). The van der Waals surface area contributed by atoms with Crippen molar-refractivity contribution in [2.75, 3.05) is 0 Å². The number of hydrogen-bond acceptors (Lipinski definition) is 5. The van der Waals surface area contributed by atoms with Crippen LogP contribution in [0, 0.1) is 13.8 Å². The molecule has 0 amide bonds. The summed E-state index contributed by atoms with van der Waals surface area (Å²) >= 11 is 7.15. The van der Waals surface area contributed by atoms with Crippen LogP contribution < -0.4 is 5.32 Å². The van der Waals surface area contributed by atoms with Crippen LogP contribution in [0.3, 0.4) is 0 Å². The van der Waals surface area contributed by atoms with Crippen LogP contribution in [0.25, 0.3) is 5.69 Å². The highest BCUT2D eigenvalue weighted by molar-refractivity contribution is 6.24. The zero-order valence-electron chi connectivity index (χ0n) is 16.2. The molecule has 7 heteroatoms. The van der Waals surface area contributed by atoms with Crippen LogP contribution in [0.5, 0.6) is 0 Å². The summed E-state index contributed by atoms with van der Waals surface area (Å²) < 4.78 is 7.92. The van der Waals surface area contributed by atoms with Crippen molar-refractivity contribution in [3.05, 3.63) is 58.8 Å². The third-order valence-corrected chi connectivity index (χ3v) is 6.84. The third-order valence-electron chi connectivity index (χ3n) is 6.25. The van der Waals surface area contributed by atoms with Gasteiger partial charge >= 0.3 is 0 Å². The zero-order valence-corrected chi connectivity index (χ0v) is 17.0. The van der Waals surface area contributed by atoms with Gasteiger partial charge in [-0.2, -0.15) is 0 Å². The van der Waals surface area contributed by atoms with Crippen molar-refractivity contribution in [1.29, 1.82) is 0 Å². The smallest absolute Gasteiger partial charge is 0.197 e. The summed E-state index contributed by atoms with van der Waals surface area (Å²) in [6.45, 7) is 5.50. The van der Waals surface area contributed by atoms with Gasteiger partial charge in [0.1, 0.15) is 12.1 Å². The summed E-state index contributed by atoms with van der Waals surface area (Å²) in [6.07, 6.45) is 5.61. The van der Waals surface area contributed by atoms with Gasteiger partial charge in [-0.05, 0) is 56.7 Å². The molecule has 3 heterocycles. The fourth-order valence-electron chi connectivity index (χ4n) is 4.41. The van der Waals surface area contributed by atoms with Crippen molar-refractivity contribution in [1.82, 2.24) is 25.1 Å². The first-order valence-corrected chi connectivity index (χ1v) is 10.3. The molecule has 0 saturated heterocycles. The van der Waals surface area contributed by atoms with Crippen molar-refractivity contribution in [2.45, 2.75) is 63.4 Å². The summed E-state index contributed by atoms with van der Waals surface area (Å²) in [7, 11) is 0. The molecule has 1 N–H and O–H groups in total. The van der Waals surface area contributed by atoms with Gasteiger partial charge in [-0.3, -0.25) is 4.57 Å². The number of halogens is 1. The van der Waals surface area contributed by atoms with Crippen LogP contribution in [0.4, 0.5) is 0 Å². The molecule has 1 aliphatic heterocycles. The maximum atomic E-state index is 7.15. The normalized spacial score (nSPS) is 24.5. The van der Waals surface area contributed by atoms with Crippen molar-refractivity contribution < 1.29 is 4.42 Å². The predicted octanol–water partition coefficient (Wildman–Crippen LogP) is 4.27. The van der Waals surface area contributed by atoms with Crippen LogP contribution in [-0.4, -0.2) is 19.7 Å². The summed E-state index contributed by atoms with van der Waals surface area (Å²) in [4.78, 5) is 4.28. The Morgan fingerprint density at radius 1 is 1.21 bits per heavy atom. The van der Waals surface area contributed by atoms with Gasteiger partial charge < -0.3 is 9.73 Å². The maximum absolute atomic E-state index is 7.15. The minimum Gasteiger partial charge on any atom is -0.445 e. The van der Waals surface area contributed by atoms with Crippen LogP contribution >= 0.6 is 11.6 Å². The van der Waals surface area contributed by atoms with Crippen molar-refractivity contribution in [3.8, 4) is 5.69 Å². The molecule has 1 fully saturated rings. The highest BCUT2D eigenvalue weighted by Gasteiger charge is 2.37. The minimum atomic E-state index is -0.329. The Morgan fingerprint density at radius 2 is 2.04 bits per heavy atom. The summed E-state index contributed by atoms with van der Waals surface area (Å²) in [5.41, 5.74) is 4.55. The van der Waals surface area contributed by atoms with Gasteiger partial charge in [0.2, 0.25) is 0 Å². The molecule has 0 unspecified atom stereocenters. The lowest BCUT2D eigenvalue weighted by Gasteiger charge is -2.35. The van der Waals surface area contributed by atoms with E-state index in [1.165, 1.54) is 11.1 Å². The van der Waals surface area contributed by atoms with E-state index >= 15 is 0 Å². The molecular formula is C21H24ClN5O. The lowest BCUT2D eigenvalue weighted by molar-refractivity contribution is 0.311.